The maximum Gasteiger partial charge on any atom is 1.00 e. The van der Waals surface area contributed by atoms with Crippen molar-refractivity contribution < 1.29 is 44.4 Å². The summed E-state index contributed by atoms with van der Waals surface area (Å²) in [6.45, 7) is 12.3. The van der Waals surface area contributed by atoms with E-state index in [9.17, 15) is 22.1 Å². The predicted molar refractivity (Wildman–Crippen MR) is 357 cm³/mol. The Labute approximate surface area is 505 Å². The minimum atomic E-state index is -6.00. The number of rotatable bonds is 16. The molecule has 0 unspecified atom stereocenters. The first-order chi connectivity index (χ1) is 39.4. The van der Waals surface area contributed by atoms with Gasteiger partial charge in [0.1, 0.15) is 101 Å². The van der Waals surface area contributed by atoms with E-state index in [4.69, 9.17) is 0 Å². The van der Waals surface area contributed by atoms with E-state index in [1.807, 2.05) is 0 Å². The molecule has 11 heteroatoms. The first-order valence-corrected chi connectivity index (χ1v) is 33.9. The van der Waals surface area contributed by atoms with Gasteiger partial charge in [0, 0.05) is 0 Å². The van der Waals surface area contributed by atoms with Crippen molar-refractivity contribution in [2.75, 3.05) is 0 Å². The molecular formula is C71H74AgBF4OP4+4. The quantitative estimate of drug-likeness (QED) is 0.0535. The molecule has 0 N–H and O–H groups in total. The molecule has 0 aromatic heterocycles. The summed E-state index contributed by atoms with van der Waals surface area (Å²) in [5.74, 6) is 0.167. The standard InChI is InChI=1S/C38H40P2.C30H24P2.C3H6O.Ag.BF4/c1-5-29-19-9-13-23-33(29)39(34-24-14-10-20-30(34)6-2)37-27-17-18-28-38(37)40(35-25-15-11-21-31(35)7-3)36-26-16-12-22-32(36)8-4;1-5-15-25(16-6-1)31(26-17-7-2-8-18-26)29-23-13-14-24-30(29)32(27-19-9-3-10-20-27)28-21-11-4-12-22-28;1-3(2)4;;2-1(3,4)5/h9-28H,5-8H2,1-4H3;1-24H;1-2H3;;/q;;;+1;-1/p+4. The van der Waals surface area contributed by atoms with E-state index in [2.05, 4.69) is 295 Å². The van der Waals surface area contributed by atoms with Crippen molar-refractivity contribution in [3.05, 3.63) is 289 Å². The van der Waals surface area contributed by atoms with Gasteiger partial charge >= 0.3 is 29.6 Å². The third kappa shape index (κ3) is 18.1. The van der Waals surface area contributed by atoms with Crippen LogP contribution < -0.4 is 63.7 Å². The summed E-state index contributed by atoms with van der Waals surface area (Å²) >= 11 is 0. The van der Waals surface area contributed by atoms with Crippen molar-refractivity contribution in [3.63, 3.8) is 0 Å². The second kappa shape index (κ2) is 33.4. The Hall–Kier alpha value is -5.88. The van der Waals surface area contributed by atoms with Crippen LogP contribution in [0.2, 0.25) is 0 Å². The molecule has 0 fully saturated rings. The third-order valence-corrected chi connectivity index (χ3v) is 26.0. The van der Waals surface area contributed by atoms with Gasteiger partial charge in [0.25, 0.3) is 0 Å². The SMILES string of the molecule is CC(C)=O.CCc1ccccc1[PH+](c1ccccc1CC)c1ccccc1[PH+](c1ccccc1CC)c1ccccc1CC.F[B-](F)(F)F.[Ag+].c1ccc([PH+](c2ccccc2)c2ccccc2[PH+](c2ccccc2)c2ccccc2)cc1. The van der Waals surface area contributed by atoms with Gasteiger partial charge in [-0.2, -0.15) is 0 Å². The summed E-state index contributed by atoms with van der Waals surface area (Å²) < 4.78 is 39.0. The number of hydrogen-bond acceptors (Lipinski definition) is 1. The van der Waals surface area contributed by atoms with Crippen LogP contribution in [0.25, 0.3) is 0 Å². The minimum Gasteiger partial charge on any atom is -0.418 e. The fourth-order valence-corrected chi connectivity index (χ4v) is 23.5. The van der Waals surface area contributed by atoms with Gasteiger partial charge in [-0.25, -0.2) is 0 Å². The fourth-order valence-electron chi connectivity index (χ4n) is 10.4. The van der Waals surface area contributed by atoms with Crippen LogP contribution in [0.4, 0.5) is 17.3 Å². The van der Waals surface area contributed by atoms with E-state index in [0.717, 1.165) is 25.7 Å². The first kappa shape index (κ1) is 65.3. The Morgan fingerprint density at radius 1 is 0.280 bits per heavy atom. The summed E-state index contributed by atoms with van der Waals surface area (Å²) in [4.78, 5) is 9.44. The summed E-state index contributed by atoms with van der Waals surface area (Å²) in [6, 6.07) is 99.8. The van der Waals surface area contributed by atoms with Gasteiger partial charge in [0.15, 0.2) is 0 Å². The molecule has 0 atom stereocenters. The maximum atomic E-state index is 9.75. The van der Waals surface area contributed by atoms with Crippen LogP contribution in [-0.4, -0.2) is 13.0 Å². The van der Waals surface area contributed by atoms with Crippen LogP contribution in [0.3, 0.4) is 0 Å². The molecule has 10 aromatic rings. The molecule has 0 aliphatic carbocycles. The molecule has 82 heavy (non-hydrogen) atoms. The van der Waals surface area contributed by atoms with Crippen LogP contribution in [0.5, 0.6) is 0 Å². The molecule has 0 heterocycles. The number of aryl methyl sites for hydroxylation is 4. The molecule has 0 aliphatic heterocycles. The Morgan fingerprint density at radius 2 is 0.427 bits per heavy atom. The number of hydrogen-bond donors (Lipinski definition) is 0. The Bertz CT molecular complexity index is 3110. The van der Waals surface area contributed by atoms with E-state index in [1.54, 1.807) is 10.6 Å². The van der Waals surface area contributed by atoms with E-state index in [-0.39, 0.29) is 28.2 Å². The van der Waals surface area contributed by atoms with E-state index in [1.165, 1.54) is 89.1 Å². The topological polar surface area (TPSA) is 17.1 Å². The Balaban J connectivity index is 0.000000231. The number of Topliss-reactive ketones (excluding diaryl/α,β-unsaturated/α-hetero) is 1. The molecule has 0 saturated carbocycles. The molecular weight excluding hydrogens is 1190 g/mol. The molecule has 422 valence electrons. The second-order valence-corrected chi connectivity index (χ2v) is 29.1. The molecule has 0 spiro atoms. The average molecular weight is 1260 g/mol. The van der Waals surface area contributed by atoms with E-state index < -0.39 is 38.9 Å². The predicted octanol–water partition coefficient (Wildman–Crippen LogP) is 13.5. The average Bonchev–Trinajstić information content (AvgIpc) is 3.69. The van der Waals surface area contributed by atoms with E-state index >= 15 is 0 Å². The van der Waals surface area contributed by atoms with Crippen molar-refractivity contribution in [1.82, 2.24) is 0 Å². The number of halogens is 4. The largest absolute Gasteiger partial charge is 1.00 e. The first-order valence-electron chi connectivity index (χ1n) is 27.9. The Morgan fingerprint density at radius 3 is 0.610 bits per heavy atom. The van der Waals surface area contributed by atoms with Gasteiger partial charge in [0.05, 0.1) is 0 Å². The smallest absolute Gasteiger partial charge is 0.418 e. The van der Waals surface area contributed by atoms with Gasteiger partial charge in [-0.3, -0.25) is 0 Å². The zero-order valence-corrected chi connectivity index (χ0v) is 53.0. The van der Waals surface area contributed by atoms with Crippen LogP contribution in [-0.2, 0) is 52.9 Å². The minimum absolute atomic E-state index is 0. The number of carbonyl (C=O) groups excluding carboxylic acids is 1. The molecule has 0 saturated heterocycles. The summed E-state index contributed by atoms with van der Waals surface area (Å²) in [5.41, 5.74) is 5.92. The third-order valence-electron chi connectivity index (χ3n) is 13.9. The molecule has 0 amide bonds. The zero-order chi connectivity index (χ0) is 57.6. The molecule has 10 aromatic carbocycles. The van der Waals surface area contributed by atoms with Gasteiger partial charge in [-0.05, 0) is 159 Å². The van der Waals surface area contributed by atoms with Crippen LogP contribution in [0.1, 0.15) is 63.8 Å². The van der Waals surface area contributed by atoms with Gasteiger partial charge in [0.2, 0.25) is 0 Å². The second-order valence-electron chi connectivity index (χ2n) is 19.5. The Kier molecular flexibility index (Phi) is 26.6. The van der Waals surface area contributed by atoms with Crippen LogP contribution >= 0.6 is 31.7 Å². The van der Waals surface area contributed by atoms with Gasteiger partial charge in [-0.15, -0.1) is 0 Å². The summed E-state index contributed by atoms with van der Waals surface area (Å²) in [5, 5.41) is 18.0. The summed E-state index contributed by atoms with van der Waals surface area (Å²) in [6.07, 6.45) is 4.21. The molecule has 0 radical (unpaired) electrons. The van der Waals surface area contributed by atoms with Crippen molar-refractivity contribution in [2.45, 2.75) is 67.2 Å². The van der Waals surface area contributed by atoms with Crippen LogP contribution in [0.15, 0.2) is 267 Å². The number of carbonyl (C=O) groups is 1. The maximum absolute atomic E-state index is 9.75. The monoisotopic (exact) mass is 1260 g/mol. The summed E-state index contributed by atoms with van der Waals surface area (Å²) in [7, 11) is -10.8. The van der Waals surface area contributed by atoms with Crippen molar-refractivity contribution >= 4 is 108 Å². The molecule has 0 aliphatic rings. The van der Waals surface area contributed by atoms with Crippen molar-refractivity contribution in [3.8, 4) is 0 Å². The zero-order valence-electron chi connectivity index (χ0n) is 47.5. The van der Waals surface area contributed by atoms with Crippen molar-refractivity contribution in [1.29, 1.82) is 0 Å². The molecule has 0 bridgehead atoms. The fraction of sp³-hybridized carbons (Fsp3) is 0.141. The van der Waals surface area contributed by atoms with Gasteiger partial charge in [-0.1, -0.05) is 198 Å². The van der Waals surface area contributed by atoms with Gasteiger partial charge < -0.3 is 22.1 Å². The normalized spacial score (nSPS) is 10.9. The van der Waals surface area contributed by atoms with Crippen LogP contribution in [0, 0.1) is 0 Å². The van der Waals surface area contributed by atoms with Crippen molar-refractivity contribution in [2.24, 2.45) is 0 Å². The molecule has 1 nitrogen and oxygen atoms in total. The number of ketones is 1. The van der Waals surface area contributed by atoms with E-state index in [0.29, 0.717) is 0 Å². The molecule has 10 rings (SSSR count). The number of benzene rings is 10.